The lowest BCUT2D eigenvalue weighted by atomic mass is 10.1. The second kappa shape index (κ2) is 7.43. The Balaban J connectivity index is 1.47. The summed E-state index contributed by atoms with van der Waals surface area (Å²) in [7, 11) is 0. The number of fused-ring (bicyclic) bond motifs is 1. The highest BCUT2D eigenvalue weighted by Crippen LogP contribution is 2.27. The number of hydrogen-bond donors (Lipinski definition) is 1. The second-order valence-electron chi connectivity index (χ2n) is 7.12. The maximum atomic E-state index is 12.5. The lowest BCUT2D eigenvalue weighted by Gasteiger charge is -2.16. The van der Waals surface area contributed by atoms with Crippen molar-refractivity contribution in [2.75, 3.05) is 11.4 Å². The average molecular weight is 393 g/mol. The Kier molecular flexibility index (Phi) is 4.80. The van der Waals surface area contributed by atoms with Crippen LogP contribution in [0.4, 0.5) is 5.69 Å². The number of rotatable bonds is 4. The number of anilines is 1. The maximum absolute atomic E-state index is 12.5. The minimum absolute atomic E-state index is 0.0320. The summed E-state index contributed by atoms with van der Waals surface area (Å²) in [4.78, 5) is 38.2. The number of carbonyl (C=O) groups excluding carboxylic acids is 2. The SMILES string of the molecule is Cc1ccc(N2C[C@@H](C(=O)OCc3cc(=O)oc4cc(O)ccc34)CC2=O)cc1. The van der Waals surface area contributed by atoms with Crippen LogP contribution in [0.25, 0.3) is 11.0 Å². The van der Waals surface area contributed by atoms with Gasteiger partial charge in [0, 0.05) is 41.7 Å². The molecule has 1 N–H and O–H groups in total. The van der Waals surface area contributed by atoms with Crippen LogP contribution in [0.15, 0.2) is 57.7 Å². The molecule has 0 saturated carbocycles. The van der Waals surface area contributed by atoms with Crippen LogP contribution < -0.4 is 10.5 Å². The number of esters is 1. The molecule has 0 radical (unpaired) electrons. The summed E-state index contributed by atoms with van der Waals surface area (Å²) in [6, 6.07) is 13.2. The largest absolute Gasteiger partial charge is 0.508 e. The standard InChI is InChI=1S/C22H19NO6/c1-13-2-4-16(5-3-13)23-11-14(8-20(23)25)22(27)28-12-15-9-21(26)29-19-10-17(24)6-7-18(15)19/h2-7,9-10,14,24H,8,11-12H2,1H3/t14-/m0/s1. The molecule has 3 aromatic rings. The van der Waals surface area contributed by atoms with Gasteiger partial charge in [-0.25, -0.2) is 4.79 Å². The van der Waals surface area contributed by atoms with E-state index in [0.29, 0.717) is 10.9 Å². The van der Waals surface area contributed by atoms with Crippen molar-refractivity contribution < 1.29 is 23.8 Å². The summed E-state index contributed by atoms with van der Waals surface area (Å²) in [5.74, 6) is -1.22. The van der Waals surface area contributed by atoms with E-state index >= 15 is 0 Å². The summed E-state index contributed by atoms with van der Waals surface area (Å²) in [5.41, 5.74) is 1.93. The Morgan fingerprint density at radius 3 is 2.69 bits per heavy atom. The van der Waals surface area contributed by atoms with Crippen molar-refractivity contribution in [3.8, 4) is 5.75 Å². The highest BCUT2D eigenvalue weighted by Gasteiger charge is 2.36. The number of aromatic hydroxyl groups is 1. The van der Waals surface area contributed by atoms with Gasteiger partial charge in [-0.05, 0) is 31.2 Å². The van der Waals surface area contributed by atoms with E-state index in [9.17, 15) is 19.5 Å². The summed E-state index contributed by atoms with van der Waals surface area (Å²) in [5, 5.41) is 10.1. The second-order valence-corrected chi connectivity index (χ2v) is 7.12. The number of aryl methyl sites for hydroxylation is 1. The molecular weight excluding hydrogens is 374 g/mol. The van der Waals surface area contributed by atoms with E-state index in [1.54, 1.807) is 11.0 Å². The lowest BCUT2D eigenvalue weighted by molar-refractivity contribution is -0.149. The van der Waals surface area contributed by atoms with Crippen molar-refractivity contribution in [1.82, 2.24) is 0 Å². The van der Waals surface area contributed by atoms with E-state index in [1.807, 2.05) is 31.2 Å². The highest BCUT2D eigenvalue weighted by atomic mass is 16.5. The van der Waals surface area contributed by atoms with Gasteiger partial charge in [0.1, 0.15) is 17.9 Å². The number of phenolic OH excluding ortho intramolecular Hbond substituents is 1. The quantitative estimate of drug-likeness (QED) is 0.541. The van der Waals surface area contributed by atoms with Gasteiger partial charge in [0.25, 0.3) is 0 Å². The molecule has 1 aliphatic heterocycles. The lowest BCUT2D eigenvalue weighted by Crippen LogP contribution is -2.26. The van der Waals surface area contributed by atoms with Gasteiger partial charge in [0.15, 0.2) is 0 Å². The first-order valence-electron chi connectivity index (χ1n) is 9.20. The summed E-state index contributed by atoms with van der Waals surface area (Å²) >= 11 is 0. The summed E-state index contributed by atoms with van der Waals surface area (Å²) < 4.78 is 10.5. The van der Waals surface area contributed by atoms with Crippen LogP contribution in [0.2, 0.25) is 0 Å². The third-order valence-corrected chi connectivity index (χ3v) is 4.99. The number of nitrogens with zero attached hydrogens (tertiary/aromatic N) is 1. The number of ether oxygens (including phenoxy) is 1. The van der Waals surface area contributed by atoms with Crippen LogP contribution in [-0.2, 0) is 20.9 Å². The van der Waals surface area contributed by atoms with Gasteiger partial charge >= 0.3 is 11.6 Å². The third-order valence-electron chi connectivity index (χ3n) is 4.99. The monoisotopic (exact) mass is 393 g/mol. The Labute approximate surface area is 166 Å². The molecule has 0 bridgehead atoms. The van der Waals surface area contributed by atoms with Gasteiger partial charge in [-0.1, -0.05) is 17.7 Å². The van der Waals surface area contributed by atoms with Crippen LogP contribution in [0.1, 0.15) is 17.5 Å². The van der Waals surface area contributed by atoms with Crippen LogP contribution >= 0.6 is 0 Å². The van der Waals surface area contributed by atoms with Crippen molar-refractivity contribution in [1.29, 1.82) is 0 Å². The van der Waals surface area contributed by atoms with E-state index in [1.165, 1.54) is 18.2 Å². The van der Waals surface area contributed by atoms with Crippen molar-refractivity contribution in [3.05, 3.63) is 70.1 Å². The molecular formula is C22H19NO6. The maximum Gasteiger partial charge on any atom is 0.336 e. The van der Waals surface area contributed by atoms with Gasteiger partial charge in [0.2, 0.25) is 5.91 Å². The smallest absolute Gasteiger partial charge is 0.336 e. The van der Waals surface area contributed by atoms with E-state index < -0.39 is 17.5 Å². The highest BCUT2D eigenvalue weighted by molar-refractivity contribution is 5.99. The fraction of sp³-hybridized carbons (Fsp3) is 0.227. The molecule has 1 aliphatic rings. The summed E-state index contributed by atoms with van der Waals surface area (Å²) in [6.07, 6.45) is 0.0816. The normalized spacial score (nSPS) is 16.4. The van der Waals surface area contributed by atoms with Crippen LogP contribution in [0, 0.1) is 12.8 Å². The van der Waals surface area contributed by atoms with Gasteiger partial charge < -0.3 is 19.2 Å². The minimum atomic E-state index is -0.601. The molecule has 2 aromatic carbocycles. The van der Waals surface area contributed by atoms with Gasteiger partial charge in [0.05, 0.1) is 5.92 Å². The zero-order valence-electron chi connectivity index (χ0n) is 15.8. The molecule has 1 saturated heterocycles. The Morgan fingerprint density at radius 2 is 1.93 bits per heavy atom. The van der Waals surface area contributed by atoms with Gasteiger partial charge in [-0.3, -0.25) is 9.59 Å². The van der Waals surface area contributed by atoms with Crippen LogP contribution in [-0.4, -0.2) is 23.5 Å². The molecule has 148 valence electrons. The van der Waals surface area contributed by atoms with Crippen molar-refractivity contribution in [2.45, 2.75) is 20.0 Å². The fourth-order valence-corrected chi connectivity index (χ4v) is 3.44. The number of carbonyl (C=O) groups is 2. The average Bonchev–Trinajstić information content (AvgIpc) is 3.07. The van der Waals surface area contributed by atoms with E-state index in [-0.39, 0.29) is 36.8 Å². The molecule has 4 rings (SSSR count). The van der Waals surface area contributed by atoms with E-state index in [2.05, 4.69) is 0 Å². The Hall–Kier alpha value is -3.61. The predicted molar refractivity (Wildman–Crippen MR) is 106 cm³/mol. The van der Waals surface area contributed by atoms with E-state index in [4.69, 9.17) is 9.15 Å². The zero-order valence-corrected chi connectivity index (χ0v) is 15.8. The third kappa shape index (κ3) is 3.85. The first-order chi connectivity index (χ1) is 13.9. The molecule has 0 unspecified atom stereocenters. The number of amides is 1. The molecule has 1 amide bonds. The molecule has 1 atom stereocenters. The fourth-order valence-electron chi connectivity index (χ4n) is 3.44. The topological polar surface area (TPSA) is 97.1 Å². The first kappa shape index (κ1) is 18.7. The van der Waals surface area contributed by atoms with Crippen LogP contribution in [0.5, 0.6) is 5.75 Å². The number of phenols is 1. The van der Waals surface area contributed by atoms with Gasteiger partial charge in [-0.15, -0.1) is 0 Å². The number of hydrogen-bond acceptors (Lipinski definition) is 6. The molecule has 0 spiro atoms. The van der Waals surface area contributed by atoms with Crippen molar-refractivity contribution in [3.63, 3.8) is 0 Å². The molecule has 0 aliphatic carbocycles. The van der Waals surface area contributed by atoms with Crippen molar-refractivity contribution in [2.24, 2.45) is 5.92 Å². The van der Waals surface area contributed by atoms with Crippen molar-refractivity contribution >= 4 is 28.5 Å². The molecule has 1 fully saturated rings. The summed E-state index contributed by atoms with van der Waals surface area (Å²) in [6.45, 7) is 2.10. The molecule has 7 heteroatoms. The predicted octanol–water partition coefficient (Wildman–Crippen LogP) is 2.90. The zero-order chi connectivity index (χ0) is 20.5. The minimum Gasteiger partial charge on any atom is -0.508 e. The first-order valence-corrected chi connectivity index (χ1v) is 9.20. The molecule has 7 nitrogen and oxygen atoms in total. The van der Waals surface area contributed by atoms with Crippen LogP contribution in [0.3, 0.4) is 0 Å². The molecule has 2 heterocycles. The van der Waals surface area contributed by atoms with Gasteiger partial charge in [-0.2, -0.15) is 0 Å². The molecule has 1 aromatic heterocycles. The van der Waals surface area contributed by atoms with E-state index in [0.717, 1.165) is 11.3 Å². The Bertz CT molecular complexity index is 1150. The molecule has 29 heavy (non-hydrogen) atoms. The Morgan fingerprint density at radius 1 is 1.17 bits per heavy atom. The number of benzene rings is 2.